The lowest BCUT2D eigenvalue weighted by atomic mass is 10.1. The van der Waals surface area contributed by atoms with Crippen LogP contribution < -0.4 is 0 Å². The van der Waals surface area contributed by atoms with E-state index in [1.807, 2.05) is 78.6 Å². The van der Waals surface area contributed by atoms with E-state index in [4.69, 9.17) is 25.3 Å². The van der Waals surface area contributed by atoms with Crippen molar-refractivity contribution in [3.05, 3.63) is 12.7 Å². The van der Waals surface area contributed by atoms with Gasteiger partial charge in [-0.15, -0.1) is 0 Å². The standard InChI is InChI=1S/C22H52O10Si6/c1-16-18-19(23)22(26,21(25)27-20(24)17-2)38(30-35(9,10)11,31-36(12,13)14)32-37(15,28-33(3,4)5)29-34(6,7)8/h17,19,23,26H,2,16,18H2,1,3-15H3. The highest BCUT2D eigenvalue weighted by molar-refractivity contribution is 6.94. The van der Waals surface area contributed by atoms with Gasteiger partial charge in [0.2, 0.25) is 0 Å². The van der Waals surface area contributed by atoms with E-state index in [0.717, 1.165) is 6.08 Å². The van der Waals surface area contributed by atoms with Crippen molar-refractivity contribution in [2.24, 2.45) is 0 Å². The molecule has 0 amide bonds. The van der Waals surface area contributed by atoms with Crippen molar-refractivity contribution < 1.29 is 45.1 Å². The fourth-order valence-corrected chi connectivity index (χ4v) is 27.0. The molecule has 16 heteroatoms. The quantitative estimate of drug-likeness (QED) is 0.106. The van der Waals surface area contributed by atoms with Gasteiger partial charge in [0.1, 0.15) is 0 Å². The number of aliphatic hydroxyl groups is 2. The normalized spacial score (nSPS) is 16.5. The van der Waals surface area contributed by atoms with Crippen LogP contribution in [0.15, 0.2) is 12.7 Å². The van der Waals surface area contributed by atoms with Gasteiger partial charge in [-0.1, -0.05) is 19.9 Å². The molecule has 0 bridgehead atoms. The lowest BCUT2D eigenvalue weighted by molar-refractivity contribution is -0.177. The molecule has 2 atom stereocenters. The summed E-state index contributed by atoms with van der Waals surface area (Å²) in [6.07, 6.45) is -0.538. The summed E-state index contributed by atoms with van der Waals surface area (Å²) in [4.78, 5) is 25.8. The molecule has 0 aromatic rings. The van der Waals surface area contributed by atoms with Crippen LogP contribution in [-0.4, -0.2) is 84.4 Å². The lowest BCUT2D eigenvalue weighted by Gasteiger charge is -2.51. The van der Waals surface area contributed by atoms with Crippen LogP contribution in [0.2, 0.25) is 85.1 Å². The van der Waals surface area contributed by atoms with Crippen molar-refractivity contribution >= 4 is 62.8 Å². The predicted octanol–water partition coefficient (Wildman–Crippen LogP) is 4.60. The summed E-state index contributed by atoms with van der Waals surface area (Å²) in [5, 5.41) is 20.9. The SMILES string of the molecule is C=CC(=O)OC(=O)C(O)(C(O)CCC)[Si](O[Si](C)(C)C)(O[Si](C)(C)C)O[Si](C)(O[Si](C)(C)C)O[Si](C)(C)C. The molecule has 0 saturated carbocycles. The van der Waals surface area contributed by atoms with Crippen molar-refractivity contribution in [3.8, 4) is 0 Å². The molecule has 10 nitrogen and oxygen atoms in total. The molecule has 0 saturated heterocycles. The highest BCUT2D eigenvalue weighted by Gasteiger charge is 2.74. The van der Waals surface area contributed by atoms with Crippen LogP contribution in [0.5, 0.6) is 0 Å². The largest absolute Gasteiger partial charge is 0.521 e. The molecule has 0 aromatic carbocycles. The van der Waals surface area contributed by atoms with Gasteiger partial charge in [0.25, 0.3) is 5.22 Å². The maximum Gasteiger partial charge on any atom is 0.521 e. The second kappa shape index (κ2) is 13.3. The molecule has 0 fully saturated rings. The number of ether oxygens (including phenoxy) is 1. The first-order chi connectivity index (χ1) is 16.6. The third-order valence-electron chi connectivity index (χ3n) is 4.37. The summed E-state index contributed by atoms with van der Waals surface area (Å²) in [7, 11) is -18.6. The zero-order valence-electron chi connectivity index (χ0n) is 25.9. The first-order valence-corrected chi connectivity index (χ1v) is 30.5. The van der Waals surface area contributed by atoms with E-state index >= 15 is 0 Å². The fourth-order valence-electron chi connectivity index (χ4n) is 3.68. The van der Waals surface area contributed by atoms with Gasteiger partial charge in [-0.25, -0.2) is 9.59 Å². The van der Waals surface area contributed by atoms with E-state index in [2.05, 4.69) is 6.58 Å². The summed E-state index contributed by atoms with van der Waals surface area (Å²) in [5.74, 6) is -2.50. The summed E-state index contributed by atoms with van der Waals surface area (Å²) >= 11 is 0. The van der Waals surface area contributed by atoms with Gasteiger partial charge in [-0.3, -0.25) is 0 Å². The Morgan fingerprint density at radius 2 is 1.13 bits per heavy atom. The van der Waals surface area contributed by atoms with Crippen LogP contribution in [0.4, 0.5) is 0 Å². The van der Waals surface area contributed by atoms with E-state index in [1.54, 1.807) is 13.5 Å². The average molecular weight is 645 g/mol. The van der Waals surface area contributed by atoms with Crippen LogP contribution in [0.3, 0.4) is 0 Å². The Kier molecular flexibility index (Phi) is 13.2. The van der Waals surface area contributed by atoms with Gasteiger partial charge < -0.3 is 35.5 Å². The Bertz CT molecular complexity index is 796. The molecular weight excluding hydrogens is 593 g/mol. The topological polar surface area (TPSA) is 130 Å². The number of hydrogen-bond donors (Lipinski definition) is 2. The molecule has 0 radical (unpaired) electrons. The minimum Gasteiger partial charge on any atom is -0.417 e. The number of rotatable bonds is 16. The minimum atomic E-state index is -4.77. The Balaban J connectivity index is 7.71. The van der Waals surface area contributed by atoms with Crippen LogP contribution in [0.1, 0.15) is 19.8 Å². The molecular formula is C22H52O10Si6. The van der Waals surface area contributed by atoms with Crippen molar-refractivity contribution in [3.63, 3.8) is 0 Å². The molecule has 2 N–H and O–H groups in total. The van der Waals surface area contributed by atoms with Gasteiger partial charge in [0.15, 0.2) is 33.3 Å². The van der Waals surface area contributed by atoms with Crippen LogP contribution in [0.25, 0.3) is 0 Å². The van der Waals surface area contributed by atoms with Gasteiger partial charge in [-0.2, -0.15) is 0 Å². The zero-order valence-corrected chi connectivity index (χ0v) is 31.9. The van der Waals surface area contributed by atoms with Gasteiger partial charge in [0, 0.05) is 12.6 Å². The maximum absolute atomic E-state index is 13.7. The summed E-state index contributed by atoms with van der Waals surface area (Å²) < 4.78 is 38.1. The first-order valence-electron chi connectivity index (χ1n) is 12.9. The highest BCUT2D eigenvalue weighted by atomic mass is 28.5. The second-order valence-electron chi connectivity index (χ2n) is 13.4. The number of esters is 2. The van der Waals surface area contributed by atoms with Gasteiger partial charge >= 0.3 is 29.5 Å². The number of carbonyl (C=O) groups is 2. The van der Waals surface area contributed by atoms with Crippen molar-refractivity contribution in [1.82, 2.24) is 0 Å². The molecule has 0 aliphatic heterocycles. The van der Waals surface area contributed by atoms with Crippen LogP contribution in [0, 0.1) is 0 Å². The molecule has 0 spiro atoms. The van der Waals surface area contributed by atoms with Crippen molar-refractivity contribution in [2.75, 3.05) is 0 Å². The number of carbonyl (C=O) groups excluding carboxylic acids is 2. The number of aliphatic hydroxyl groups excluding tert-OH is 1. The third kappa shape index (κ3) is 12.2. The predicted molar refractivity (Wildman–Crippen MR) is 163 cm³/mol. The molecule has 0 heterocycles. The van der Waals surface area contributed by atoms with Crippen molar-refractivity contribution in [2.45, 2.75) is 116 Å². The molecule has 38 heavy (non-hydrogen) atoms. The molecule has 2 unspecified atom stereocenters. The fraction of sp³-hybridized carbons (Fsp3) is 0.818. The smallest absolute Gasteiger partial charge is 0.417 e. The lowest BCUT2D eigenvalue weighted by Crippen LogP contribution is -2.80. The summed E-state index contributed by atoms with van der Waals surface area (Å²) in [6, 6.07) is 0. The van der Waals surface area contributed by atoms with E-state index < -0.39 is 74.1 Å². The minimum absolute atomic E-state index is 0.0157. The average Bonchev–Trinajstić information content (AvgIpc) is 2.60. The number of hydrogen-bond acceptors (Lipinski definition) is 10. The van der Waals surface area contributed by atoms with Crippen molar-refractivity contribution in [1.29, 1.82) is 0 Å². The zero-order chi connectivity index (χ0) is 30.6. The van der Waals surface area contributed by atoms with Crippen LogP contribution in [-0.2, 0) is 34.9 Å². The van der Waals surface area contributed by atoms with E-state index in [1.165, 1.54) is 0 Å². The molecule has 224 valence electrons. The Hall–Kier alpha value is -0.0987. The molecule has 0 aromatic heterocycles. The van der Waals surface area contributed by atoms with E-state index in [-0.39, 0.29) is 6.42 Å². The highest BCUT2D eigenvalue weighted by Crippen LogP contribution is 2.39. The Labute approximate surface area is 236 Å². The Morgan fingerprint density at radius 3 is 1.42 bits per heavy atom. The monoisotopic (exact) mass is 644 g/mol. The summed E-state index contributed by atoms with van der Waals surface area (Å²) in [6.45, 7) is 29.8. The molecule has 0 rings (SSSR count). The van der Waals surface area contributed by atoms with Gasteiger partial charge in [0.05, 0.1) is 6.10 Å². The molecule has 0 aliphatic carbocycles. The second-order valence-corrected chi connectivity index (χ2v) is 37.9. The van der Waals surface area contributed by atoms with E-state index in [0.29, 0.717) is 6.42 Å². The van der Waals surface area contributed by atoms with Gasteiger partial charge in [-0.05, 0) is 85.0 Å². The first kappa shape index (κ1) is 37.9. The maximum atomic E-state index is 13.7. The Morgan fingerprint density at radius 1 is 0.763 bits per heavy atom. The summed E-state index contributed by atoms with van der Waals surface area (Å²) in [5.41, 5.74) is 0. The van der Waals surface area contributed by atoms with E-state index in [9.17, 15) is 19.8 Å². The molecule has 0 aliphatic rings. The third-order valence-corrected chi connectivity index (χ3v) is 23.3. The van der Waals surface area contributed by atoms with Crippen LogP contribution >= 0.6 is 0 Å².